The molecule has 0 aliphatic carbocycles. The van der Waals surface area contributed by atoms with Crippen molar-refractivity contribution in [3.63, 3.8) is 0 Å². The molecule has 3 rings (SSSR count). The SMILES string of the molecule is O=C[C@H]1CCCN1P(c1ccccc1)c1ccccc1. The molecule has 0 saturated carbocycles. The van der Waals surface area contributed by atoms with Gasteiger partial charge in [0.1, 0.15) is 6.29 Å². The molecule has 1 atom stereocenters. The van der Waals surface area contributed by atoms with E-state index in [0.29, 0.717) is 0 Å². The number of aldehydes is 1. The van der Waals surface area contributed by atoms with Crippen LogP contribution in [0.15, 0.2) is 60.7 Å². The summed E-state index contributed by atoms with van der Waals surface area (Å²) >= 11 is 0. The molecule has 0 amide bonds. The van der Waals surface area contributed by atoms with Crippen molar-refractivity contribution in [1.29, 1.82) is 0 Å². The van der Waals surface area contributed by atoms with Crippen molar-refractivity contribution in [2.24, 2.45) is 0 Å². The first-order valence-corrected chi connectivity index (χ1v) is 8.31. The largest absolute Gasteiger partial charge is 0.302 e. The zero-order valence-corrected chi connectivity index (χ0v) is 12.2. The third-order valence-electron chi connectivity index (χ3n) is 3.69. The molecule has 0 aromatic heterocycles. The maximum Gasteiger partial charge on any atom is 0.137 e. The molecule has 0 unspecified atom stereocenters. The van der Waals surface area contributed by atoms with Gasteiger partial charge in [0, 0.05) is 14.6 Å². The van der Waals surface area contributed by atoms with E-state index in [1.807, 2.05) is 12.1 Å². The average molecular weight is 283 g/mol. The fourth-order valence-corrected chi connectivity index (χ4v) is 5.36. The highest BCUT2D eigenvalue weighted by Crippen LogP contribution is 2.43. The highest BCUT2D eigenvalue weighted by Gasteiger charge is 2.32. The topological polar surface area (TPSA) is 20.3 Å². The van der Waals surface area contributed by atoms with E-state index in [4.69, 9.17) is 0 Å². The highest BCUT2D eigenvalue weighted by molar-refractivity contribution is 7.70. The second-order valence-electron chi connectivity index (χ2n) is 4.99. The summed E-state index contributed by atoms with van der Waals surface area (Å²) in [6.45, 7) is 1.01. The zero-order chi connectivity index (χ0) is 13.8. The smallest absolute Gasteiger partial charge is 0.137 e. The molecule has 1 heterocycles. The molecule has 20 heavy (non-hydrogen) atoms. The summed E-state index contributed by atoms with van der Waals surface area (Å²) < 4.78 is 2.40. The van der Waals surface area contributed by atoms with E-state index in [1.165, 1.54) is 10.6 Å². The molecule has 1 saturated heterocycles. The number of hydrogen-bond donors (Lipinski definition) is 0. The van der Waals surface area contributed by atoms with Crippen LogP contribution < -0.4 is 10.6 Å². The minimum atomic E-state index is -0.595. The summed E-state index contributed by atoms with van der Waals surface area (Å²) in [7, 11) is -0.595. The lowest BCUT2D eigenvalue weighted by molar-refractivity contribution is -0.110. The fraction of sp³-hybridized carbons (Fsp3) is 0.235. The van der Waals surface area contributed by atoms with Gasteiger partial charge >= 0.3 is 0 Å². The van der Waals surface area contributed by atoms with Gasteiger partial charge in [0.2, 0.25) is 0 Å². The molecule has 102 valence electrons. The van der Waals surface area contributed by atoms with E-state index in [9.17, 15) is 4.79 Å². The van der Waals surface area contributed by atoms with Crippen LogP contribution in [0.2, 0.25) is 0 Å². The number of carbonyl (C=O) groups is 1. The van der Waals surface area contributed by atoms with Crippen LogP contribution in [-0.4, -0.2) is 23.5 Å². The van der Waals surface area contributed by atoms with Crippen LogP contribution in [0, 0.1) is 0 Å². The van der Waals surface area contributed by atoms with E-state index in [2.05, 4.69) is 53.2 Å². The van der Waals surface area contributed by atoms with Crippen molar-refractivity contribution in [3.8, 4) is 0 Å². The van der Waals surface area contributed by atoms with Gasteiger partial charge in [-0.1, -0.05) is 60.7 Å². The van der Waals surface area contributed by atoms with Crippen molar-refractivity contribution in [2.75, 3.05) is 6.54 Å². The first-order valence-electron chi connectivity index (χ1n) is 7.02. The van der Waals surface area contributed by atoms with Crippen LogP contribution in [0.25, 0.3) is 0 Å². The molecule has 0 radical (unpaired) electrons. The van der Waals surface area contributed by atoms with Crippen molar-refractivity contribution in [2.45, 2.75) is 18.9 Å². The predicted octanol–water partition coefficient (Wildman–Crippen LogP) is 2.70. The Hall–Kier alpha value is -1.50. The molecule has 2 aromatic rings. The zero-order valence-electron chi connectivity index (χ0n) is 11.4. The van der Waals surface area contributed by atoms with Crippen LogP contribution in [-0.2, 0) is 4.79 Å². The van der Waals surface area contributed by atoms with Crippen molar-refractivity contribution in [3.05, 3.63) is 60.7 Å². The van der Waals surface area contributed by atoms with Gasteiger partial charge in [-0.2, -0.15) is 0 Å². The Morgan fingerprint density at radius 1 is 0.950 bits per heavy atom. The lowest BCUT2D eigenvalue weighted by Crippen LogP contribution is -2.33. The Bertz CT molecular complexity index is 518. The van der Waals surface area contributed by atoms with Crippen molar-refractivity contribution >= 4 is 25.0 Å². The molecule has 1 aliphatic heterocycles. The average Bonchev–Trinajstić information content (AvgIpc) is 2.98. The summed E-state index contributed by atoms with van der Waals surface area (Å²) in [6, 6.07) is 21.2. The molecule has 2 nitrogen and oxygen atoms in total. The van der Waals surface area contributed by atoms with E-state index in [1.54, 1.807) is 0 Å². The normalized spacial score (nSPS) is 19.4. The van der Waals surface area contributed by atoms with Crippen molar-refractivity contribution in [1.82, 2.24) is 4.67 Å². The van der Waals surface area contributed by atoms with Gasteiger partial charge in [0.25, 0.3) is 0 Å². The van der Waals surface area contributed by atoms with Crippen LogP contribution in [0.1, 0.15) is 12.8 Å². The molecular formula is C17H18NOP. The predicted molar refractivity (Wildman–Crippen MR) is 84.9 cm³/mol. The van der Waals surface area contributed by atoms with Crippen LogP contribution in [0.3, 0.4) is 0 Å². The molecule has 0 N–H and O–H groups in total. The second-order valence-corrected chi connectivity index (χ2v) is 7.16. The highest BCUT2D eigenvalue weighted by atomic mass is 31.1. The number of benzene rings is 2. The van der Waals surface area contributed by atoms with E-state index < -0.39 is 8.07 Å². The monoisotopic (exact) mass is 283 g/mol. The molecule has 1 aliphatic rings. The van der Waals surface area contributed by atoms with E-state index >= 15 is 0 Å². The fourth-order valence-electron chi connectivity index (χ4n) is 2.75. The summed E-state index contributed by atoms with van der Waals surface area (Å²) in [6.07, 6.45) is 3.22. The number of carbonyl (C=O) groups excluding carboxylic acids is 1. The minimum Gasteiger partial charge on any atom is -0.302 e. The van der Waals surface area contributed by atoms with Gasteiger partial charge in [-0.15, -0.1) is 0 Å². The minimum absolute atomic E-state index is 0.0709. The quantitative estimate of drug-likeness (QED) is 0.635. The second kappa shape index (κ2) is 6.30. The van der Waals surface area contributed by atoms with Gasteiger partial charge < -0.3 is 4.79 Å². The first-order chi connectivity index (χ1) is 9.90. The maximum atomic E-state index is 11.4. The third kappa shape index (κ3) is 2.67. The molecule has 0 spiro atoms. The Kier molecular flexibility index (Phi) is 4.25. The third-order valence-corrected chi connectivity index (χ3v) is 6.27. The van der Waals surface area contributed by atoms with E-state index in [-0.39, 0.29) is 6.04 Å². The molecule has 2 aromatic carbocycles. The van der Waals surface area contributed by atoms with Gasteiger partial charge in [0.15, 0.2) is 0 Å². The van der Waals surface area contributed by atoms with Gasteiger partial charge in [-0.25, -0.2) is 0 Å². The Morgan fingerprint density at radius 2 is 1.50 bits per heavy atom. The standard InChI is InChI=1S/C17H18NOP/c19-14-15-8-7-13-18(15)20(16-9-3-1-4-10-16)17-11-5-2-6-12-17/h1-6,9-12,14-15H,7-8,13H2/t15-/m1/s1. The Balaban J connectivity index is 2.02. The maximum absolute atomic E-state index is 11.4. The lowest BCUT2D eigenvalue weighted by Gasteiger charge is -2.31. The lowest BCUT2D eigenvalue weighted by atomic mass is 10.2. The van der Waals surface area contributed by atoms with Crippen LogP contribution in [0.4, 0.5) is 0 Å². The molecule has 1 fully saturated rings. The Labute approximate surface area is 121 Å². The number of rotatable bonds is 4. The van der Waals surface area contributed by atoms with Gasteiger partial charge in [0.05, 0.1) is 6.04 Å². The summed E-state index contributed by atoms with van der Waals surface area (Å²) in [5.41, 5.74) is 0. The van der Waals surface area contributed by atoms with Gasteiger partial charge in [-0.05, 0) is 23.5 Å². The first kappa shape index (κ1) is 13.5. The summed E-state index contributed by atoms with van der Waals surface area (Å²) in [4.78, 5) is 11.4. The van der Waals surface area contributed by atoms with Crippen LogP contribution >= 0.6 is 8.07 Å². The number of nitrogens with zero attached hydrogens (tertiary/aromatic N) is 1. The molecular weight excluding hydrogens is 265 g/mol. The summed E-state index contributed by atoms with van der Waals surface area (Å²) in [5.74, 6) is 0. The summed E-state index contributed by atoms with van der Waals surface area (Å²) in [5, 5.41) is 2.64. The van der Waals surface area contributed by atoms with E-state index in [0.717, 1.165) is 25.7 Å². The Morgan fingerprint density at radius 3 is 2.00 bits per heavy atom. The van der Waals surface area contributed by atoms with Crippen LogP contribution in [0.5, 0.6) is 0 Å². The molecule has 0 bridgehead atoms. The van der Waals surface area contributed by atoms with Gasteiger partial charge in [-0.3, -0.25) is 4.67 Å². The van der Waals surface area contributed by atoms with Crippen molar-refractivity contribution < 1.29 is 4.79 Å². The number of hydrogen-bond acceptors (Lipinski definition) is 2. The molecule has 3 heteroatoms.